The molecule has 4 rings (SSSR count). The zero-order chi connectivity index (χ0) is 22.4. The predicted molar refractivity (Wildman–Crippen MR) is 124 cm³/mol. The van der Waals surface area contributed by atoms with Crippen molar-refractivity contribution in [3.05, 3.63) is 54.4 Å². The number of ether oxygens (including phenoxy) is 1. The number of likely N-dealkylation sites (N-methyl/N-ethyl adjacent to an activating group) is 1. The molecule has 2 amide bonds. The third-order valence-corrected chi connectivity index (χ3v) is 6.78. The molecule has 170 valence electrons. The van der Waals surface area contributed by atoms with Gasteiger partial charge in [-0.2, -0.15) is 0 Å². The number of benzene rings is 1. The number of carbonyl (C=O) groups is 2. The summed E-state index contributed by atoms with van der Waals surface area (Å²) in [7, 11) is 1.63. The molecule has 2 aliphatic rings. The van der Waals surface area contributed by atoms with E-state index in [1.54, 1.807) is 13.2 Å². The van der Waals surface area contributed by atoms with Gasteiger partial charge in [0.15, 0.2) is 5.60 Å². The largest absolute Gasteiger partial charge is 0.361 e. The van der Waals surface area contributed by atoms with Crippen molar-refractivity contribution in [1.82, 2.24) is 15.2 Å². The van der Waals surface area contributed by atoms with Crippen molar-refractivity contribution in [2.45, 2.75) is 50.5 Å². The lowest BCUT2D eigenvalue weighted by Gasteiger charge is -2.42. The van der Waals surface area contributed by atoms with Crippen LogP contribution in [0.25, 0.3) is 11.1 Å². The second-order valence-corrected chi connectivity index (χ2v) is 9.06. The second kappa shape index (κ2) is 10.3. The molecule has 1 saturated carbocycles. The van der Waals surface area contributed by atoms with Crippen LogP contribution in [0.4, 0.5) is 0 Å². The highest BCUT2D eigenvalue weighted by Gasteiger charge is 2.44. The number of morpholine rings is 1. The summed E-state index contributed by atoms with van der Waals surface area (Å²) in [6, 6.07) is 12.0. The number of nitrogens with one attached hydrogen (secondary N) is 1. The van der Waals surface area contributed by atoms with Crippen molar-refractivity contribution < 1.29 is 14.3 Å². The lowest BCUT2D eigenvalue weighted by Crippen LogP contribution is -2.61. The maximum atomic E-state index is 13.1. The first-order valence-electron chi connectivity index (χ1n) is 11.7. The Balaban J connectivity index is 1.52. The molecule has 1 aliphatic heterocycles. The van der Waals surface area contributed by atoms with Crippen LogP contribution in [-0.2, 0) is 20.7 Å². The molecule has 1 aliphatic carbocycles. The van der Waals surface area contributed by atoms with Crippen LogP contribution in [0.5, 0.6) is 0 Å². The first kappa shape index (κ1) is 22.5. The molecule has 1 saturated heterocycles. The van der Waals surface area contributed by atoms with Gasteiger partial charge in [-0.15, -0.1) is 0 Å². The van der Waals surface area contributed by atoms with E-state index in [0.717, 1.165) is 29.5 Å². The van der Waals surface area contributed by atoms with Gasteiger partial charge in [0.2, 0.25) is 5.91 Å². The Morgan fingerprint density at radius 2 is 1.97 bits per heavy atom. The van der Waals surface area contributed by atoms with E-state index in [0.29, 0.717) is 31.9 Å². The summed E-state index contributed by atoms with van der Waals surface area (Å²) < 4.78 is 6.12. The van der Waals surface area contributed by atoms with E-state index in [9.17, 15) is 9.59 Å². The Bertz CT molecular complexity index is 927. The molecule has 6 nitrogen and oxygen atoms in total. The number of nitrogens with zero attached hydrogens (tertiary/aromatic N) is 2. The van der Waals surface area contributed by atoms with Crippen LogP contribution in [-0.4, -0.2) is 54.0 Å². The quantitative estimate of drug-likeness (QED) is 0.753. The molecule has 6 heteroatoms. The third kappa shape index (κ3) is 5.18. The Kier molecular flexibility index (Phi) is 7.20. The van der Waals surface area contributed by atoms with Gasteiger partial charge < -0.3 is 15.0 Å². The fraction of sp³-hybridized carbons (Fsp3) is 0.500. The Hall–Kier alpha value is -2.73. The first-order chi connectivity index (χ1) is 15.6. The predicted octanol–water partition coefficient (Wildman–Crippen LogP) is 3.61. The molecule has 2 aromatic rings. The minimum atomic E-state index is -1.08. The number of amides is 2. The summed E-state index contributed by atoms with van der Waals surface area (Å²) in [6.07, 6.45) is 10.6. The Morgan fingerprint density at radius 3 is 2.72 bits per heavy atom. The highest BCUT2D eigenvalue weighted by Crippen LogP contribution is 2.30. The van der Waals surface area contributed by atoms with Gasteiger partial charge in [-0.3, -0.25) is 14.6 Å². The van der Waals surface area contributed by atoms with Crippen molar-refractivity contribution in [2.75, 3.05) is 26.7 Å². The van der Waals surface area contributed by atoms with E-state index in [1.807, 2.05) is 41.4 Å². The number of hydrogen-bond acceptors (Lipinski definition) is 4. The van der Waals surface area contributed by atoms with Gasteiger partial charge in [0.1, 0.15) is 0 Å². The van der Waals surface area contributed by atoms with E-state index in [-0.39, 0.29) is 18.4 Å². The summed E-state index contributed by atoms with van der Waals surface area (Å²) >= 11 is 0. The van der Waals surface area contributed by atoms with Gasteiger partial charge in [0.05, 0.1) is 13.2 Å². The maximum absolute atomic E-state index is 13.1. The molecule has 32 heavy (non-hydrogen) atoms. The fourth-order valence-electron chi connectivity index (χ4n) is 5.04. The van der Waals surface area contributed by atoms with Crippen molar-refractivity contribution in [3.63, 3.8) is 0 Å². The molecular formula is C26H33N3O3. The highest BCUT2D eigenvalue weighted by molar-refractivity contribution is 5.87. The van der Waals surface area contributed by atoms with Crippen molar-refractivity contribution in [3.8, 4) is 11.1 Å². The molecule has 0 bridgehead atoms. The van der Waals surface area contributed by atoms with Gasteiger partial charge >= 0.3 is 0 Å². The molecule has 1 N–H and O–H groups in total. The summed E-state index contributed by atoms with van der Waals surface area (Å²) in [5.41, 5.74) is 1.99. The van der Waals surface area contributed by atoms with Crippen LogP contribution in [0.2, 0.25) is 0 Å². The van der Waals surface area contributed by atoms with E-state index in [1.165, 1.54) is 19.3 Å². The minimum Gasteiger partial charge on any atom is -0.361 e. The Morgan fingerprint density at radius 1 is 1.16 bits per heavy atom. The molecule has 0 radical (unpaired) electrons. The Labute approximate surface area is 190 Å². The number of aromatic nitrogens is 1. The van der Waals surface area contributed by atoms with Crippen LogP contribution < -0.4 is 5.32 Å². The standard InChI is InChI=1S/C26H33N3O3/c1-27-25(31)26(17-21-9-5-10-22(15-21)23-11-6-12-28-18-23)19-29(13-14-32-26)24(30)16-20-7-3-2-4-8-20/h5-6,9-12,15,18,20H,2-4,7-8,13-14,16-17,19H2,1H3,(H,27,31). The highest BCUT2D eigenvalue weighted by atomic mass is 16.5. The minimum absolute atomic E-state index is 0.151. The summed E-state index contributed by atoms with van der Waals surface area (Å²) in [5.74, 6) is 0.446. The van der Waals surface area contributed by atoms with Crippen LogP contribution in [0.1, 0.15) is 44.1 Å². The molecular weight excluding hydrogens is 402 g/mol. The van der Waals surface area contributed by atoms with Gasteiger partial charge in [0, 0.05) is 38.8 Å². The molecule has 0 spiro atoms. The average molecular weight is 436 g/mol. The number of hydrogen-bond donors (Lipinski definition) is 1. The molecule has 2 fully saturated rings. The SMILES string of the molecule is CNC(=O)C1(Cc2cccc(-c3cccnc3)c2)CN(C(=O)CC2CCCCC2)CCO1. The summed E-state index contributed by atoms with van der Waals surface area (Å²) in [4.78, 5) is 32.2. The molecule has 1 aromatic heterocycles. The molecule has 2 heterocycles. The second-order valence-electron chi connectivity index (χ2n) is 9.06. The zero-order valence-corrected chi connectivity index (χ0v) is 18.9. The van der Waals surface area contributed by atoms with Crippen molar-refractivity contribution >= 4 is 11.8 Å². The third-order valence-electron chi connectivity index (χ3n) is 6.78. The molecule has 1 aromatic carbocycles. The van der Waals surface area contributed by atoms with Gasteiger partial charge in [0.25, 0.3) is 5.91 Å². The van der Waals surface area contributed by atoms with E-state index in [4.69, 9.17) is 4.74 Å². The summed E-state index contributed by atoms with van der Waals surface area (Å²) in [6.45, 7) is 1.20. The number of rotatable bonds is 6. The van der Waals surface area contributed by atoms with Crippen LogP contribution in [0.15, 0.2) is 48.8 Å². The molecule has 1 atom stereocenters. The van der Waals surface area contributed by atoms with Crippen LogP contribution in [0, 0.1) is 5.92 Å². The normalized spacial score (nSPS) is 21.8. The van der Waals surface area contributed by atoms with Gasteiger partial charge in [-0.25, -0.2) is 0 Å². The van der Waals surface area contributed by atoms with E-state index < -0.39 is 5.60 Å². The number of carbonyl (C=O) groups excluding carboxylic acids is 2. The molecule has 1 unspecified atom stereocenters. The van der Waals surface area contributed by atoms with Crippen LogP contribution in [0.3, 0.4) is 0 Å². The smallest absolute Gasteiger partial charge is 0.254 e. The van der Waals surface area contributed by atoms with Gasteiger partial charge in [-0.1, -0.05) is 49.6 Å². The lowest BCUT2D eigenvalue weighted by atomic mass is 9.86. The zero-order valence-electron chi connectivity index (χ0n) is 18.9. The average Bonchev–Trinajstić information content (AvgIpc) is 2.85. The maximum Gasteiger partial charge on any atom is 0.254 e. The van der Waals surface area contributed by atoms with Gasteiger partial charge in [-0.05, 0) is 41.5 Å². The first-order valence-corrected chi connectivity index (χ1v) is 11.7. The van der Waals surface area contributed by atoms with E-state index in [2.05, 4.69) is 16.4 Å². The lowest BCUT2D eigenvalue weighted by molar-refractivity contribution is -0.166. The monoisotopic (exact) mass is 435 g/mol. The van der Waals surface area contributed by atoms with E-state index >= 15 is 0 Å². The van der Waals surface area contributed by atoms with Crippen molar-refractivity contribution in [2.24, 2.45) is 5.92 Å². The topological polar surface area (TPSA) is 71.5 Å². The van der Waals surface area contributed by atoms with Crippen molar-refractivity contribution in [1.29, 1.82) is 0 Å². The summed E-state index contributed by atoms with van der Waals surface area (Å²) in [5, 5.41) is 2.77. The number of pyridine rings is 1. The fourth-order valence-corrected chi connectivity index (χ4v) is 5.04. The van der Waals surface area contributed by atoms with Crippen LogP contribution >= 0.6 is 0 Å².